The van der Waals surface area contributed by atoms with Crippen molar-refractivity contribution in [2.24, 2.45) is 7.05 Å². The van der Waals surface area contributed by atoms with E-state index < -0.39 is 0 Å². The van der Waals surface area contributed by atoms with Crippen LogP contribution in [-0.4, -0.2) is 14.5 Å². The Labute approximate surface area is 114 Å². The highest BCUT2D eigenvalue weighted by atomic mass is 16.4. The molecule has 0 aromatic carbocycles. The summed E-state index contributed by atoms with van der Waals surface area (Å²) in [6.45, 7) is 0.801. The number of fused-ring (bicyclic) bond motifs is 7. The molecule has 0 atom stereocenters. The van der Waals surface area contributed by atoms with Crippen LogP contribution >= 0.6 is 0 Å². The molecule has 0 radical (unpaired) electrons. The number of pyridine rings is 2. The minimum Gasteiger partial charge on any atom is -0.410 e. The molecular weight excluding hydrogens is 252 g/mol. The lowest BCUT2D eigenvalue weighted by molar-refractivity contribution is -0.652. The van der Waals surface area contributed by atoms with E-state index in [9.17, 15) is 0 Å². The quantitative estimate of drug-likeness (QED) is 0.402. The predicted molar refractivity (Wildman–Crippen MR) is 73.0 cm³/mol. The molecule has 0 amide bonds. The lowest BCUT2D eigenvalue weighted by atomic mass is 10.2. The predicted octanol–water partition coefficient (Wildman–Crippen LogP) is 2.03. The standard InChI is InChI=1S/C15H11N4O/c1-18-10-5-3-7-17-12(10)13-14(18)19-8-9-4-2-6-16-11(9)15(19)20-13/h2-7H,8H2,1H3/q+1. The van der Waals surface area contributed by atoms with Gasteiger partial charge >= 0.3 is 11.5 Å². The largest absolute Gasteiger partial charge is 0.410 e. The van der Waals surface area contributed by atoms with Gasteiger partial charge in [0.1, 0.15) is 6.54 Å². The Morgan fingerprint density at radius 2 is 2.05 bits per heavy atom. The van der Waals surface area contributed by atoms with E-state index in [1.54, 1.807) is 12.4 Å². The number of hydrogen-bond donors (Lipinski definition) is 0. The van der Waals surface area contributed by atoms with Gasteiger partial charge in [0.05, 0.1) is 7.05 Å². The van der Waals surface area contributed by atoms with Gasteiger partial charge in [-0.05, 0) is 18.2 Å². The second-order valence-corrected chi connectivity index (χ2v) is 5.09. The number of hydrogen-bond acceptors (Lipinski definition) is 3. The molecule has 0 saturated carbocycles. The molecule has 5 rings (SSSR count). The maximum atomic E-state index is 6.09. The van der Waals surface area contributed by atoms with Crippen LogP contribution in [0.5, 0.6) is 0 Å². The number of oxazole rings is 1. The molecule has 0 fully saturated rings. The van der Waals surface area contributed by atoms with E-state index in [0.717, 1.165) is 40.4 Å². The van der Waals surface area contributed by atoms with Crippen molar-refractivity contribution in [1.29, 1.82) is 0 Å². The Hall–Kier alpha value is -2.69. The van der Waals surface area contributed by atoms with Crippen molar-refractivity contribution in [3.8, 4) is 11.6 Å². The fourth-order valence-corrected chi connectivity index (χ4v) is 3.11. The summed E-state index contributed by atoms with van der Waals surface area (Å²) >= 11 is 0. The first-order valence-electron chi connectivity index (χ1n) is 6.54. The van der Waals surface area contributed by atoms with E-state index in [-0.39, 0.29) is 0 Å². The summed E-state index contributed by atoms with van der Waals surface area (Å²) in [5.74, 6) is 0.828. The molecule has 1 aliphatic rings. The van der Waals surface area contributed by atoms with Gasteiger partial charge in [0.25, 0.3) is 5.58 Å². The molecule has 4 aromatic heterocycles. The Morgan fingerprint density at radius 3 is 3.00 bits per heavy atom. The molecule has 5 nitrogen and oxygen atoms in total. The molecule has 4 aromatic rings. The third-order valence-corrected chi connectivity index (χ3v) is 4.01. The highest BCUT2D eigenvalue weighted by Crippen LogP contribution is 2.33. The molecule has 1 aliphatic heterocycles. The summed E-state index contributed by atoms with van der Waals surface area (Å²) in [5.41, 5.74) is 6.03. The highest BCUT2D eigenvalue weighted by molar-refractivity contribution is 5.99. The Morgan fingerprint density at radius 1 is 1.20 bits per heavy atom. The van der Waals surface area contributed by atoms with Gasteiger partial charge in [-0.25, -0.2) is 14.5 Å². The molecule has 5 heterocycles. The van der Waals surface area contributed by atoms with Crippen molar-refractivity contribution < 1.29 is 8.98 Å². The fourth-order valence-electron chi connectivity index (χ4n) is 3.11. The van der Waals surface area contributed by atoms with Crippen LogP contribution in [0.4, 0.5) is 0 Å². The van der Waals surface area contributed by atoms with E-state index in [0.29, 0.717) is 0 Å². The zero-order valence-electron chi connectivity index (χ0n) is 10.9. The Bertz CT molecular complexity index is 996. The fraction of sp³-hybridized carbons (Fsp3) is 0.133. The number of nitrogens with zero attached hydrogens (tertiary/aromatic N) is 4. The number of aromatic nitrogens is 4. The van der Waals surface area contributed by atoms with Crippen LogP contribution in [0.2, 0.25) is 0 Å². The van der Waals surface area contributed by atoms with Crippen LogP contribution in [0.1, 0.15) is 5.56 Å². The topological polar surface area (TPSA) is 47.7 Å². The van der Waals surface area contributed by atoms with Crippen LogP contribution in [0.25, 0.3) is 33.8 Å². The van der Waals surface area contributed by atoms with E-state index in [1.807, 2.05) is 19.2 Å². The van der Waals surface area contributed by atoms with Crippen molar-refractivity contribution in [3.63, 3.8) is 0 Å². The smallest absolute Gasteiger partial charge is 0.331 e. The van der Waals surface area contributed by atoms with Crippen LogP contribution in [0, 0.1) is 0 Å². The zero-order chi connectivity index (χ0) is 13.3. The van der Waals surface area contributed by atoms with Gasteiger partial charge in [-0.1, -0.05) is 6.07 Å². The summed E-state index contributed by atoms with van der Waals surface area (Å²) < 4.78 is 10.4. The summed E-state index contributed by atoms with van der Waals surface area (Å²) in [5, 5.41) is 0. The zero-order valence-corrected chi connectivity index (χ0v) is 10.9. The van der Waals surface area contributed by atoms with E-state index in [1.165, 1.54) is 5.56 Å². The van der Waals surface area contributed by atoms with Gasteiger partial charge in [-0.15, -0.1) is 0 Å². The minimum absolute atomic E-state index is 0.801. The molecular formula is C15H11N4O+. The van der Waals surface area contributed by atoms with Gasteiger partial charge in [-0.3, -0.25) is 0 Å². The Balaban J connectivity index is 1.97. The molecule has 0 saturated heterocycles. The van der Waals surface area contributed by atoms with Crippen LogP contribution in [0.15, 0.2) is 41.1 Å². The van der Waals surface area contributed by atoms with Gasteiger partial charge in [0, 0.05) is 18.0 Å². The third kappa shape index (κ3) is 1.02. The van der Waals surface area contributed by atoms with Crippen molar-refractivity contribution in [3.05, 3.63) is 42.2 Å². The highest BCUT2D eigenvalue weighted by Gasteiger charge is 2.35. The summed E-state index contributed by atoms with van der Waals surface area (Å²) in [6, 6.07) is 8.07. The summed E-state index contributed by atoms with van der Waals surface area (Å²) in [7, 11) is 2.05. The van der Waals surface area contributed by atoms with Crippen molar-refractivity contribution >= 4 is 22.3 Å². The third-order valence-electron chi connectivity index (χ3n) is 4.01. The van der Waals surface area contributed by atoms with Gasteiger partial charge < -0.3 is 4.42 Å². The van der Waals surface area contributed by atoms with Gasteiger partial charge in [-0.2, -0.15) is 4.57 Å². The lowest BCUT2D eigenvalue weighted by Crippen LogP contribution is -2.32. The van der Waals surface area contributed by atoms with Crippen molar-refractivity contribution in [2.45, 2.75) is 6.54 Å². The van der Waals surface area contributed by atoms with E-state index in [2.05, 4.69) is 31.2 Å². The summed E-state index contributed by atoms with van der Waals surface area (Å²) in [4.78, 5) is 8.89. The average Bonchev–Trinajstić information content (AvgIpc) is 3.09. The van der Waals surface area contributed by atoms with Crippen molar-refractivity contribution in [1.82, 2.24) is 14.5 Å². The van der Waals surface area contributed by atoms with E-state index >= 15 is 0 Å². The monoisotopic (exact) mass is 263 g/mol. The first-order valence-corrected chi connectivity index (χ1v) is 6.54. The molecule has 20 heavy (non-hydrogen) atoms. The average molecular weight is 263 g/mol. The molecule has 96 valence electrons. The normalized spacial score (nSPS) is 13.1. The molecule has 0 unspecified atom stereocenters. The Kier molecular flexibility index (Phi) is 1.65. The second-order valence-electron chi connectivity index (χ2n) is 5.09. The van der Waals surface area contributed by atoms with Crippen LogP contribution < -0.4 is 4.57 Å². The van der Waals surface area contributed by atoms with Crippen LogP contribution in [-0.2, 0) is 13.6 Å². The minimum atomic E-state index is 0.801. The first-order chi connectivity index (χ1) is 9.84. The van der Waals surface area contributed by atoms with Crippen LogP contribution in [0.3, 0.4) is 0 Å². The van der Waals surface area contributed by atoms with E-state index in [4.69, 9.17) is 4.42 Å². The molecule has 0 aliphatic carbocycles. The second kappa shape index (κ2) is 3.25. The summed E-state index contributed by atoms with van der Waals surface area (Å²) in [6.07, 6.45) is 3.60. The lowest BCUT2D eigenvalue weighted by Gasteiger charge is -1.91. The maximum absolute atomic E-state index is 6.09. The van der Waals surface area contributed by atoms with Gasteiger partial charge in [0.2, 0.25) is 0 Å². The molecule has 0 N–H and O–H groups in total. The number of aryl methyl sites for hydroxylation is 1. The number of rotatable bonds is 0. The van der Waals surface area contributed by atoms with Gasteiger partial charge in [0.15, 0.2) is 16.7 Å². The van der Waals surface area contributed by atoms with Crippen molar-refractivity contribution in [2.75, 3.05) is 0 Å². The molecule has 0 bridgehead atoms. The first kappa shape index (κ1) is 10.1. The maximum Gasteiger partial charge on any atom is 0.331 e. The SMILES string of the molecule is Cn1c2cccnc2c2oc3[n+](c21)Cc1cccnc1-3. The molecule has 0 spiro atoms. The molecule has 5 heteroatoms.